The zero-order valence-electron chi connectivity index (χ0n) is 12.1. The first kappa shape index (κ1) is 14.6. The first-order valence-electron chi connectivity index (χ1n) is 7.39. The van der Waals surface area contributed by atoms with Crippen LogP contribution in [0.4, 0.5) is 5.69 Å². The lowest BCUT2D eigenvalue weighted by Gasteiger charge is -2.42. The van der Waals surface area contributed by atoms with E-state index in [9.17, 15) is 9.59 Å². The highest BCUT2D eigenvalue weighted by atomic mass is 79.9. The molecule has 2 atom stereocenters. The summed E-state index contributed by atoms with van der Waals surface area (Å²) < 4.78 is 0.927. The van der Waals surface area contributed by atoms with Gasteiger partial charge >= 0.3 is 0 Å². The maximum atomic E-state index is 11.9. The molecule has 2 fully saturated rings. The number of piperidine rings is 2. The van der Waals surface area contributed by atoms with Gasteiger partial charge in [0.25, 0.3) is 0 Å². The highest BCUT2D eigenvalue weighted by Gasteiger charge is 2.34. The Morgan fingerprint density at radius 2 is 2.19 bits per heavy atom. The molecule has 112 valence electrons. The van der Waals surface area contributed by atoms with Crippen LogP contribution in [-0.4, -0.2) is 30.8 Å². The van der Waals surface area contributed by atoms with Crippen molar-refractivity contribution < 1.29 is 9.59 Å². The predicted octanol–water partition coefficient (Wildman–Crippen LogP) is 2.76. The zero-order valence-corrected chi connectivity index (χ0v) is 13.6. The molecular formula is C16H19BrN2O2. The summed E-state index contributed by atoms with van der Waals surface area (Å²) >= 11 is 3.43. The number of ketones is 1. The fourth-order valence-electron chi connectivity index (χ4n) is 3.39. The van der Waals surface area contributed by atoms with Gasteiger partial charge in [-0.05, 0) is 43.9 Å². The Kier molecular flexibility index (Phi) is 4.02. The molecule has 0 spiro atoms. The normalized spacial score (nSPS) is 25.2. The number of anilines is 1. The van der Waals surface area contributed by atoms with Crippen molar-refractivity contribution >= 4 is 33.3 Å². The Labute approximate surface area is 133 Å². The van der Waals surface area contributed by atoms with Crippen LogP contribution >= 0.6 is 15.9 Å². The summed E-state index contributed by atoms with van der Waals surface area (Å²) in [5.41, 5.74) is 1.78. The number of fused-ring (bicyclic) bond motifs is 1. The van der Waals surface area contributed by atoms with Crippen molar-refractivity contribution in [3.05, 3.63) is 28.2 Å². The van der Waals surface area contributed by atoms with Gasteiger partial charge in [0, 0.05) is 41.3 Å². The molecule has 0 aliphatic carbocycles. The molecule has 1 aromatic carbocycles. The van der Waals surface area contributed by atoms with Gasteiger partial charge in [-0.2, -0.15) is 0 Å². The molecule has 0 bridgehead atoms. The minimum Gasteiger partial charge on any atom is -0.371 e. The summed E-state index contributed by atoms with van der Waals surface area (Å²) in [6.45, 7) is 3.40. The van der Waals surface area contributed by atoms with Gasteiger partial charge in [-0.25, -0.2) is 0 Å². The number of hydrogen-bond acceptors (Lipinski definition) is 3. The molecule has 1 aromatic rings. The molecule has 0 saturated carbocycles. The molecule has 2 aliphatic rings. The van der Waals surface area contributed by atoms with Crippen LogP contribution in [0.15, 0.2) is 22.7 Å². The van der Waals surface area contributed by atoms with Crippen LogP contribution in [0, 0.1) is 5.92 Å². The van der Waals surface area contributed by atoms with Gasteiger partial charge in [0.15, 0.2) is 5.78 Å². The monoisotopic (exact) mass is 350 g/mol. The molecule has 5 heteroatoms. The summed E-state index contributed by atoms with van der Waals surface area (Å²) in [7, 11) is 0. The molecule has 1 amide bonds. The van der Waals surface area contributed by atoms with Crippen molar-refractivity contribution in [1.29, 1.82) is 0 Å². The minimum absolute atomic E-state index is 0.0883. The van der Waals surface area contributed by atoms with Gasteiger partial charge in [0.2, 0.25) is 5.91 Å². The SMILES string of the molecule is CC(=O)c1cc(Br)ccc1N1CCC2NC(=O)CCC2C1. The third kappa shape index (κ3) is 2.98. The Bertz CT molecular complexity index is 588. The lowest BCUT2D eigenvalue weighted by molar-refractivity contribution is -0.124. The fraction of sp³-hybridized carbons (Fsp3) is 0.500. The maximum Gasteiger partial charge on any atom is 0.220 e. The molecule has 21 heavy (non-hydrogen) atoms. The van der Waals surface area contributed by atoms with Crippen molar-refractivity contribution in [2.75, 3.05) is 18.0 Å². The highest BCUT2D eigenvalue weighted by Crippen LogP contribution is 2.32. The summed E-state index contributed by atoms with van der Waals surface area (Å²) in [5.74, 6) is 0.753. The number of halogens is 1. The maximum absolute atomic E-state index is 11.9. The number of nitrogens with zero attached hydrogens (tertiary/aromatic N) is 1. The second kappa shape index (κ2) is 5.79. The smallest absolute Gasteiger partial charge is 0.220 e. The van der Waals surface area contributed by atoms with E-state index in [2.05, 4.69) is 26.1 Å². The first-order valence-corrected chi connectivity index (χ1v) is 8.18. The number of carbonyl (C=O) groups excluding carboxylic acids is 2. The third-order valence-corrected chi connectivity index (χ3v) is 4.99. The number of nitrogens with one attached hydrogen (secondary N) is 1. The molecule has 0 radical (unpaired) electrons. The van der Waals surface area contributed by atoms with Gasteiger partial charge in [0.05, 0.1) is 0 Å². The summed E-state index contributed by atoms with van der Waals surface area (Å²) in [4.78, 5) is 25.7. The fourth-order valence-corrected chi connectivity index (χ4v) is 3.76. The van der Waals surface area contributed by atoms with Crippen LogP contribution in [0.1, 0.15) is 36.5 Å². The predicted molar refractivity (Wildman–Crippen MR) is 85.6 cm³/mol. The van der Waals surface area contributed by atoms with E-state index in [1.165, 1.54) is 0 Å². The van der Waals surface area contributed by atoms with E-state index in [1.807, 2.05) is 18.2 Å². The molecule has 2 heterocycles. The van der Waals surface area contributed by atoms with Crippen LogP contribution in [0.5, 0.6) is 0 Å². The van der Waals surface area contributed by atoms with Crippen LogP contribution in [0.2, 0.25) is 0 Å². The van der Waals surface area contributed by atoms with Crippen LogP contribution < -0.4 is 10.2 Å². The minimum atomic E-state index is 0.0883. The number of carbonyl (C=O) groups is 2. The van der Waals surface area contributed by atoms with E-state index in [0.29, 0.717) is 18.4 Å². The van der Waals surface area contributed by atoms with Crippen molar-refractivity contribution in [3.63, 3.8) is 0 Å². The molecule has 2 aliphatic heterocycles. The molecule has 1 N–H and O–H groups in total. The van der Waals surface area contributed by atoms with Crippen LogP contribution in [-0.2, 0) is 4.79 Å². The Balaban J connectivity index is 1.82. The van der Waals surface area contributed by atoms with Gasteiger partial charge in [-0.3, -0.25) is 9.59 Å². The van der Waals surface area contributed by atoms with Crippen molar-refractivity contribution in [2.45, 2.75) is 32.2 Å². The van der Waals surface area contributed by atoms with E-state index in [4.69, 9.17) is 0 Å². The number of hydrogen-bond donors (Lipinski definition) is 1. The van der Waals surface area contributed by atoms with Crippen molar-refractivity contribution in [2.24, 2.45) is 5.92 Å². The summed E-state index contributed by atoms with van der Waals surface area (Å²) in [6, 6.07) is 6.20. The lowest BCUT2D eigenvalue weighted by Crippen LogP contribution is -2.54. The van der Waals surface area contributed by atoms with Crippen molar-refractivity contribution in [1.82, 2.24) is 5.32 Å². The Hall–Kier alpha value is -1.36. The van der Waals surface area contributed by atoms with Crippen molar-refractivity contribution in [3.8, 4) is 0 Å². The van der Waals surface area contributed by atoms with Gasteiger partial charge in [-0.1, -0.05) is 15.9 Å². The average Bonchev–Trinajstić information content (AvgIpc) is 2.46. The Morgan fingerprint density at radius 3 is 2.95 bits per heavy atom. The van der Waals surface area contributed by atoms with E-state index in [-0.39, 0.29) is 11.7 Å². The third-order valence-electron chi connectivity index (χ3n) is 4.50. The molecule has 2 unspecified atom stereocenters. The van der Waals surface area contributed by atoms with Gasteiger partial charge in [-0.15, -0.1) is 0 Å². The molecular weight excluding hydrogens is 332 g/mol. The molecule has 4 nitrogen and oxygen atoms in total. The topological polar surface area (TPSA) is 49.4 Å². The largest absolute Gasteiger partial charge is 0.371 e. The van der Waals surface area contributed by atoms with E-state index < -0.39 is 0 Å². The standard InChI is InChI=1S/C16H19BrN2O2/c1-10(20)13-8-12(17)3-4-15(13)19-7-6-14-11(9-19)2-5-16(21)18-14/h3-4,8,11,14H,2,5-7,9H2,1H3,(H,18,21). The lowest BCUT2D eigenvalue weighted by atomic mass is 9.84. The van der Waals surface area contributed by atoms with Crippen LogP contribution in [0.3, 0.4) is 0 Å². The number of benzene rings is 1. The van der Waals surface area contributed by atoms with E-state index in [0.717, 1.165) is 41.7 Å². The second-order valence-electron chi connectivity index (χ2n) is 5.93. The highest BCUT2D eigenvalue weighted by molar-refractivity contribution is 9.10. The average molecular weight is 351 g/mol. The van der Waals surface area contributed by atoms with E-state index >= 15 is 0 Å². The summed E-state index contributed by atoms with van der Waals surface area (Å²) in [6.07, 6.45) is 2.51. The first-order chi connectivity index (χ1) is 10.0. The zero-order chi connectivity index (χ0) is 15.0. The van der Waals surface area contributed by atoms with Gasteiger partial charge in [0.1, 0.15) is 0 Å². The summed E-state index contributed by atoms with van der Waals surface area (Å²) in [5, 5.41) is 3.10. The van der Waals surface area contributed by atoms with Crippen LogP contribution in [0.25, 0.3) is 0 Å². The van der Waals surface area contributed by atoms with E-state index in [1.54, 1.807) is 6.92 Å². The molecule has 2 saturated heterocycles. The second-order valence-corrected chi connectivity index (χ2v) is 6.84. The number of rotatable bonds is 2. The number of Topliss-reactive ketones (excluding diaryl/α,β-unsaturated/α-hetero) is 1. The Morgan fingerprint density at radius 1 is 1.38 bits per heavy atom. The number of amides is 1. The molecule has 3 rings (SSSR count). The van der Waals surface area contributed by atoms with Gasteiger partial charge < -0.3 is 10.2 Å². The molecule has 0 aromatic heterocycles. The quantitative estimate of drug-likeness (QED) is 0.834.